The van der Waals surface area contributed by atoms with Crippen molar-refractivity contribution in [2.24, 2.45) is 0 Å². The van der Waals surface area contributed by atoms with Crippen LogP contribution in [0, 0.1) is 0 Å². The van der Waals surface area contributed by atoms with Gasteiger partial charge in [0.2, 0.25) is 0 Å². The van der Waals surface area contributed by atoms with Gasteiger partial charge in [0.1, 0.15) is 11.2 Å². The summed E-state index contributed by atoms with van der Waals surface area (Å²) in [4.78, 5) is 15.5. The Kier molecular flexibility index (Phi) is 6.91. The number of aromatic nitrogens is 3. The van der Waals surface area contributed by atoms with E-state index in [0.29, 0.717) is 17.5 Å². The van der Waals surface area contributed by atoms with Crippen molar-refractivity contribution < 1.29 is 4.42 Å². The van der Waals surface area contributed by atoms with Gasteiger partial charge in [0, 0.05) is 27.5 Å². The molecule has 10 rings (SSSR count). The molecule has 2 heterocycles. The maximum absolute atomic E-state index is 6.28. The summed E-state index contributed by atoms with van der Waals surface area (Å²) in [5, 5.41) is 4.63. The molecule has 7 aromatic carbocycles. The number of hydrogen-bond donors (Lipinski definition) is 0. The highest BCUT2D eigenvalue weighted by Gasteiger charge is 2.19. The maximum Gasteiger partial charge on any atom is 0.164 e. The molecule has 51 heavy (non-hydrogen) atoms. The summed E-state index contributed by atoms with van der Waals surface area (Å²) in [6, 6.07) is 53.1. The zero-order valence-electron chi connectivity index (χ0n) is 27.8. The van der Waals surface area contributed by atoms with Crippen LogP contribution in [-0.4, -0.2) is 15.0 Å². The van der Waals surface area contributed by atoms with Crippen molar-refractivity contribution in [1.29, 1.82) is 0 Å². The molecule has 0 saturated carbocycles. The number of aryl methyl sites for hydroxylation is 1. The van der Waals surface area contributed by atoms with Crippen molar-refractivity contribution in [3.05, 3.63) is 169 Å². The van der Waals surface area contributed by atoms with Gasteiger partial charge in [0.25, 0.3) is 0 Å². The Morgan fingerprint density at radius 3 is 2.02 bits per heavy atom. The molecule has 0 atom stereocenters. The Morgan fingerprint density at radius 2 is 1.12 bits per heavy atom. The molecule has 0 spiro atoms. The van der Waals surface area contributed by atoms with Gasteiger partial charge in [-0.3, -0.25) is 0 Å². The lowest BCUT2D eigenvalue weighted by atomic mass is 9.94. The Hall–Kier alpha value is -6.65. The molecule has 4 heteroatoms. The van der Waals surface area contributed by atoms with Crippen LogP contribution in [0.3, 0.4) is 0 Å². The molecule has 240 valence electrons. The smallest absolute Gasteiger partial charge is 0.164 e. The lowest BCUT2D eigenvalue weighted by Crippen LogP contribution is -2.02. The van der Waals surface area contributed by atoms with E-state index in [9.17, 15) is 0 Å². The van der Waals surface area contributed by atoms with Crippen molar-refractivity contribution in [2.45, 2.75) is 12.8 Å². The Bertz CT molecular complexity index is 2810. The Morgan fingerprint density at radius 1 is 0.451 bits per heavy atom. The number of para-hydroxylation sites is 1. The first-order valence-corrected chi connectivity index (χ1v) is 17.4. The topological polar surface area (TPSA) is 51.8 Å². The molecule has 0 radical (unpaired) electrons. The number of hydrogen-bond acceptors (Lipinski definition) is 4. The summed E-state index contributed by atoms with van der Waals surface area (Å²) >= 11 is 0. The number of nitrogens with zero attached hydrogens (tertiary/aromatic N) is 3. The minimum absolute atomic E-state index is 0.631. The molecular weight excluding hydrogens is 623 g/mol. The summed E-state index contributed by atoms with van der Waals surface area (Å²) in [5.41, 5.74) is 11.6. The van der Waals surface area contributed by atoms with Gasteiger partial charge in [0.15, 0.2) is 17.5 Å². The summed E-state index contributed by atoms with van der Waals surface area (Å²) in [6.45, 7) is 0. The quantitative estimate of drug-likeness (QED) is 0.185. The Balaban J connectivity index is 1.14. The lowest BCUT2D eigenvalue weighted by Gasteiger charge is -2.14. The summed E-state index contributed by atoms with van der Waals surface area (Å²) in [7, 11) is 0. The van der Waals surface area contributed by atoms with Gasteiger partial charge in [-0.15, -0.1) is 0 Å². The van der Waals surface area contributed by atoms with Crippen molar-refractivity contribution in [3.8, 4) is 56.4 Å². The van der Waals surface area contributed by atoms with Crippen LogP contribution in [0.25, 0.3) is 95.2 Å². The third kappa shape index (κ3) is 5.20. The van der Waals surface area contributed by atoms with Crippen molar-refractivity contribution in [2.75, 3.05) is 0 Å². The van der Waals surface area contributed by atoms with E-state index in [2.05, 4.69) is 146 Å². The first-order valence-electron chi connectivity index (χ1n) is 17.4. The molecule has 0 unspecified atom stereocenters. The fraction of sp³-hybridized carbons (Fsp3) is 0.0426. The van der Waals surface area contributed by atoms with Crippen LogP contribution < -0.4 is 0 Å². The molecule has 2 aromatic heterocycles. The molecule has 4 nitrogen and oxygen atoms in total. The molecule has 0 bridgehead atoms. The van der Waals surface area contributed by atoms with Crippen LogP contribution in [0.5, 0.6) is 0 Å². The Labute approximate surface area is 295 Å². The molecule has 0 amide bonds. The molecular formula is C47H31N3O. The van der Waals surface area contributed by atoms with Crippen LogP contribution >= 0.6 is 0 Å². The average Bonchev–Trinajstić information content (AvgIpc) is 3.59. The van der Waals surface area contributed by atoms with Crippen LogP contribution in [0.1, 0.15) is 17.5 Å². The van der Waals surface area contributed by atoms with Gasteiger partial charge >= 0.3 is 0 Å². The average molecular weight is 654 g/mol. The number of allylic oxidation sites excluding steroid dienone is 1. The minimum Gasteiger partial charge on any atom is -0.456 e. The van der Waals surface area contributed by atoms with E-state index in [4.69, 9.17) is 19.4 Å². The summed E-state index contributed by atoms with van der Waals surface area (Å²) < 4.78 is 6.28. The highest BCUT2D eigenvalue weighted by Crippen LogP contribution is 2.40. The second-order valence-corrected chi connectivity index (χ2v) is 13.1. The van der Waals surface area contributed by atoms with Crippen LogP contribution in [-0.2, 0) is 6.42 Å². The molecule has 0 N–H and O–H groups in total. The zero-order chi connectivity index (χ0) is 33.7. The summed E-state index contributed by atoms with van der Waals surface area (Å²) in [5.74, 6) is 1.93. The third-order valence-corrected chi connectivity index (χ3v) is 10.0. The number of fused-ring (bicyclic) bond motifs is 5. The molecule has 1 aliphatic rings. The molecule has 0 saturated heterocycles. The van der Waals surface area contributed by atoms with Gasteiger partial charge < -0.3 is 4.42 Å². The van der Waals surface area contributed by atoms with Gasteiger partial charge in [-0.2, -0.15) is 0 Å². The summed E-state index contributed by atoms with van der Waals surface area (Å²) in [6.07, 6.45) is 6.49. The van der Waals surface area contributed by atoms with E-state index in [1.165, 1.54) is 27.5 Å². The van der Waals surface area contributed by atoms with Crippen LogP contribution in [0.15, 0.2) is 162 Å². The number of rotatable bonds is 5. The van der Waals surface area contributed by atoms with Crippen molar-refractivity contribution in [3.63, 3.8) is 0 Å². The fourth-order valence-corrected chi connectivity index (χ4v) is 7.42. The molecule has 0 aliphatic heterocycles. The van der Waals surface area contributed by atoms with Gasteiger partial charge in [0.05, 0.1) is 0 Å². The highest BCUT2D eigenvalue weighted by atomic mass is 16.3. The largest absolute Gasteiger partial charge is 0.456 e. The standard InChI is InChI=1S/C47H31N3O/c1-3-12-34-28-36(26-22-30(34)10-1)32-20-24-33(25-21-32)45-48-46(37-27-23-31-11-2-4-13-35(31)29-37)50-47(49-45)40-15-6-5-14-38(40)39-17-9-19-43-44(39)41-16-7-8-18-42(41)51-43/h1-3,5-12,14-29H,4,13H2. The van der Waals surface area contributed by atoms with Gasteiger partial charge in [-0.05, 0) is 81.3 Å². The first kappa shape index (κ1) is 29.3. The predicted molar refractivity (Wildman–Crippen MR) is 209 cm³/mol. The van der Waals surface area contributed by atoms with E-state index in [1.54, 1.807) is 0 Å². The van der Waals surface area contributed by atoms with Crippen LogP contribution in [0.2, 0.25) is 0 Å². The third-order valence-electron chi connectivity index (χ3n) is 10.0. The normalized spacial score (nSPS) is 12.5. The van der Waals surface area contributed by atoms with E-state index in [-0.39, 0.29) is 0 Å². The lowest BCUT2D eigenvalue weighted by molar-refractivity contribution is 0.669. The van der Waals surface area contributed by atoms with E-state index in [0.717, 1.165) is 68.2 Å². The molecule has 1 aliphatic carbocycles. The van der Waals surface area contributed by atoms with E-state index >= 15 is 0 Å². The van der Waals surface area contributed by atoms with E-state index in [1.807, 2.05) is 18.2 Å². The first-order chi connectivity index (χ1) is 25.2. The van der Waals surface area contributed by atoms with Gasteiger partial charge in [-0.1, -0.05) is 140 Å². The van der Waals surface area contributed by atoms with Crippen LogP contribution in [0.4, 0.5) is 0 Å². The number of furan rings is 1. The van der Waals surface area contributed by atoms with E-state index < -0.39 is 0 Å². The molecule has 9 aromatic rings. The van der Waals surface area contributed by atoms with Gasteiger partial charge in [-0.25, -0.2) is 15.0 Å². The fourth-order valence-electron chi connectivity index (χ4n) is 7.42. The zero-order valence-corrected chi connectivity index (χ0v) is 27.8. The predicted octanol–water partition coefficient (Wildman–Crippen LogP) is 12.2. The van der Waals surface area contributed by atoms with Crippen molar-refractivity contribution >= 4 is 38.8 Å². The number of benzene rings is 7. The second-order valence-electron chi connectivity index (χ2n) is 13.1. The minimum atomic E-state index is 0.631. The van der Waals surface area contributed by atoms with Crippen molar-refractivity contribution in [1.82, 2.24) is 15.0 Å². The molecule has 0 fully saturated rings. The SMILES string of the molecule is C1=Cc2ccc(-c3nc(-c4ccc(-c5ccc6ccccc6c5)cc4)nc(-c4ccccc4-c4cccc5oc6ccccc6c45)n3)cc2CC1. The monoisotopic (exact) mass is 653 g/mol. The highest BCUT2D eigenvalue weighted by molar-refractivity contribution is 6.13. The maximum atomic E-state index is 6.28. The second kappa shape index (κ2) is 12.0.